The van der Waals surface area contributed by atoms with Crippen molar-refractivity contribution in [2.45, 2.75) is 0 Å². The predicted octanol–water partition coefficient (Wildman–Crippen LogP) is -0.138. The molecule has 1 amide bonds. The zero-order valence-corrected chi connectivity index (χ0v) is 9.60. The first-order valence-corrected chi connectivity index (χ1v) is 4.84. The summed E-state index contributed by atoms with van der Waals surface area (Å²) in [6, 6.07) is 1.29. The van der Waals surface area contributed by atoms with E-state index in [1.165, 1.54) is 17.2 Å². The predicted molar refractivity (Wildman–Crippen MR) is 62.8 cm³/mol. The molecule has 1 rings (SSSR count). The van der Waals surface area contributed by atoms with E-state index in [0.717, 1.165) is 0 Å². The number of hydrogen-bond acceptors (Lipinski definition) is 5. The quantitative estimate of drug-likeness (QED) is 0.673. The normalized spacial score (nSPS) is 9.76. The van der Waals surface area contributed by atoms with Gasteiger partial charge in [-0.15, -0.1) is 0 Å². The highest BCUT2D eigenvalue weighted by Gasteiger charge is 2.13. The summed E-state index contributed by atoms with van der Waals surface area (Å²) in [6.45, 7) is -0.0236. The average Bonchev–Trinajstić information content (AvgIpc) is 2.26. The molecule has 0 bridgehead atoms. The number of anilines is 2. The Kier molecular flexibility index (Phi) is 3.86. The number of carbonyl (C=O) groups excluding carboxylic acids is 1. The fourth-order valence-corrected chi connectivity index (χ4v) is 1.10. The van der Waals surface area contributed by atoms with E-state index < -0.39 is 5.97 Å². The van der Waals surface area contributed by atoms with Crippen LogP contribution in [0.3, 0.4) is 0 Å². The van der Waals surface area contributed by atoms with Crippen molar-refractivity contribution in [3.05, 3.63) is 17.8 Å². The van der Waals surface area contributed by atoms with Gasteiger partial charge in [-0.1, -0.05) is 0 Å². The standard InChI is InChI=1S/C10H14N4O3/c1-14(2)8(15)5-13-9-7(10(16)17)3-6(11)4-12-9/h3-4H,5,11H2,1-2H3,(H,12,13)(H,16,17). The summed E-state index contributed by atoms with van der Waals surface area (Å²) in [5.74, 6) is -1.20. The molecule has 1 aromatic heterocycles. The van der Waals surface area contributed by atoms with Crippen LogP contribution in [0.5, 0.6) is 0 Å². The van der Waals surface area contributed by atoms with Gasteiger partial charge in [-0.2, -0.15) is 0 Å². The summed E-state index contributed by atoms with van der Waals surface area (Å²) in [7, 11) is 3.22. The van der Waals surface area contributed by atoms with Crippen molar-refractivity contribution in [2.24, 2.45) is 0 Å². The second-order valence-electron chi connectivity index (χ2n) is 3.61. The Morgan fingerprint density at radius 2 is 2.18 bits per heavy atom. The summed E-state index contributed by atoms with van der Waals surface area (Å²) in [6.07, 6.45) is 1.33. The van der Waals surface area contributed by atoms with Gasteiger partial charge in [0.25, 0.3) is 0 Å². The van der Waals surface area contributed by atoms with Crippen LogP contribution in [0, 0.1) is 0 Å². The van der Waals surface area contributed by atoms with Crippen molar-refractivity contribution in [2.75, 3.05) is 31.7 Å². The molecular formula is C10H14N4O3. The van der Waals surface area contributed by atoms with Gasteiger partial charge in [0, 0.05) is 14.1 Å². The molecule has 4 N–H and O–H groups in total. The number of aromatic nitrogens is 1. The Morgan fingerprint density at radius 3 is 2.71 bits per heavy atom. The summed E-state index contributed by atoms with van der Waals surface area (Å²) in [5, 5.41) is 11.6. The number of aromatic carboxylic acids is 1. The zero-order chi connectivity index (χ0) is 13.0. The molecule has 0 fully saturated rings. The van der Waals surface area contributed by atoms with E-state index in [9.17, 15) is 9.59 Å². The van der Waals surface area contributed by atoms with Gasteiger partial charge in [-0.3, -0.25) is 4.79 Å². The number of rotatable bonds is 4. The molecule has 0 aliphatic carbocycles. The maximum Gasteiger partial charge on any atom is 0.339 e. The molecule has 0 unspecified atom stereocenters. The van der Waals surface area contributed by atoms with E-state index in [2.05, 4.69) is 10.3 Å². The number of amides is 1. The Balaban J connectivity index is 2.84. The summed E-state index contributed by atoms with van der Waals surface area (Å²) in [4.78, 5) is 27.5. The molecule has 7 nitrogen and oxygen atoms in total. The first kappa shape index (κ1) is 12.8. The van der Waals surface area contributed by atoms with Crippen molar-refractivity contribution in [3.63, 3.8) is 0 Å². The number of pyridine rings is 1. The third-order valence-electron chi connectivity index (χ3n) is 2.05. The van der Waals surface area contributed by atoms with Gasteiger partial charge in [-0.05, 0) is 6.07 Å². The van der Waals surface area contributed by atoms with Crippen molar-refractivity contribution in [1.29, 1.82) is 0 Å². The second-order valence-corrected chi connectivity index (χ2v) is 3.61. The van der Waals surface area contributed by atoms with Crippen molar-refractivity contribution in [3.8, 4) is 0 Å². The number of likely N-dealkylation sites (N-methyl/N-ethyl adjacent to an activating group) is 1. The smallest absolute Gasteiger partial charge is 0.339 e. The number of hydrogen-bond donors (Lipinski definition) is 3. The molecule has 7 heteroatoms. The molecule has 0 aliphatic rings. The van der Waals surface area contributed by atoms with E-state index >= 15 is 0 Å². The fraction of sp³-hybridized carbons (Fsp3) is 0.300. The van der Waals surface area contributed by atoms with Crippen molar-refractivity contribution < 1.29 is 14.7 Å². The van der Waals surface area contributed by atoms with E-state index in [-0.39, 0.29) is 29.5 Å². The molecule has 1 aromatic rings. The number of carboxylic acids is 1. The van der Waals surface area contributed by atoms with Gasteiger partial charge in [0.2, 0.25) is 5.91 Å². The number of nitrogens with two attached hydrogens (primary N) is 1. The fourth-order valence-electron chi connectivity index (χ4n) is 1.10. The molecule has 1 heterocycles. The first-order valence-electron chi connectivity index (χ1n) is 4.84. The number of carboxylic acid groups (broad SMARTS) is 1. The van der Waals surface area contributed by atoms with Crippen LogP contribution in [-0.2, 0) is 4.79 Å². The third-order valence-corrected chi connectivity index (χ3v) is 2.05. The average molecular weight is 238 g/mol. The topological polar surface area (TPSA) is 109 Å². The molecule has 0 spiro atoms. The van der Waals surface area contributed by atoms with Gasteiger partial charge in [-0.25, -0.2) is 9.78 Å². The lowest BCUT2D eigenvalue weighted by atomic mass is 10.2. The van der Waals surface area contributed by atoms with Gasteiger partial charge in [0.05, 0.1) is 18.4 Å². The molecule has 0 atom stereocenters. The lowest BCUT2D eigenvalue weighted by molar-refractivity contribution is -0.126. The highest BCUT2D eigenvalue weighted by molar-refractivity contribution is 5.94. The Hall–Kier alpha value is -2.31. The second kappa shape index (κ2) is 5.15. The third kappa shape index (κ3) is 3.33. The van der Waals surface area contributed by atoms with Gasteiger partial charge >= 0.3 is 5.97 Å². The molecule has 92 valence electrons. The van der Waals surface area contributed by atoms with Crippen LogP contribution in [-0.4, -0.2) is 47.5 Å². The van der Waals surface area contributed by atoms with E-state index in [4.69, 9.17) is 10.8 Å². The Morgan fingerprint density at radius 1 is 1.53 bits per heavy atom. The molecule has 0 aromatic carbocycles. The highest BCUT2D eigenvalue weighted by atomic mass is 16.4. The molecule has 0 aliphatic heterocycles. The maximum atomic E-state index is 11.3. The van der Waals surface area contributed by atoms with Crippen molar-refractivity contribution >= 4 is 23.4 Å². The van der Waals surface area contributed by atoms with Crippen LogP contribution >= 0.6 is 0 Å². The minimum absolute atomic E-state index is 0.0236. The largest absolute Gasteiger partial charge is 0.478 e. The molecule has 17 heavy (non-hydrogen) atoms. The number of carbonyl (C=O) groups is 2. The molecule has 0 radical (unpaired) electrons. The van der Waals surface area contributed by atoms with E-state index in [0.29, 0.717) is 0 Å². The summed E-state index contributed by atoms with van der Waals surface area (Å²) >= 11 is 0. The SMILES string of the molecule is CN(C)C(=O)CNc1ncc(N)cc1C(=O)O. The lowest BCUT2D eigenvalue weighted by Gasteiger charge is -2.12. The Labute approximate surface area is 98.2 Å². The van der Waals surface area contributed by atoms with Gasteiger partial charge in [0.15, 0.2) is 0 Å². The molecule has 0 saturated heterocycles. The van der Waals surface area contributed by atoms with Crippen LogP contribution in [0.1, 0.15) is 10.4 Å². The van der Waals surface area contributed by atoms with Crippen LogP contribution in [0.4, 0.5) is 11.5 Å². The number of nitrogen functional groups attached to an aromatic ring is 1. The van der Waals surface area contributed by atoms with Gasteiger partial charge < -0.3 is 21.1 Å². The van der Waals surface area contributed by atoms with Crippen LogP contribution in [0.2, 0.25) is 0 Å². The molecular weight excluding hydrogens is 224 g/mol. The number of nitrogens with one attached hydrogen (secondary N) is 1. The monoisotopic (exact) mass is 238 g/mol. The number of nitrogens with zero attached hydrogens (tertiary/aromatic N) is 2. The summed E-state index contributed by atoms with van der Waals surface area (Å²) < 4.78 is 0. The van der Waals surface area contributed by atoms with Gasteiger partial charge in [0.1, 0.15) is 11.4 Å². The van der Waals surface area contributed by atoms with Crippen molar-refractivity contribution in [1.82, 2.24) is 9.88 Å². The summed E-state index contributed by atoms with van der Waals surface area (Å²) in [5.41, 5.74) is 5.64. The van der Waals surface area contributed by atoms with E-state index in [1.54, 1.807) is 14.1 Å². The first-order chi connectivity index (χ1) is 7.91. The molecule has 0 saturated carbocycles. The lowest BCUT2D eigenvalue weighted by Crippen LogP contribution is -2.29. The maximum absolute atomic E-state index is 11.3. The van der Waals surface area contributed by atoms with E-state index in [1.807, 2.05) is 0 Å². The van der Waals surface area contributed by atoms with Crippen LogP contribution in [0.25, 0.3) is 0 Å². The minimum Gasteiger partial charge on any atom is -0.478 e. The Bertz CT molecular complexity index is 445. The van der Waals surface area contributed by atoms with Crippen LogP contribution < -0.4 is 11.1 Å². The zero-order valence-electron chi connectivity index (χ0n) is 9.60. The minimum atomic E-state index is -1.15. The highest BCUT2D eigenvalue weighted by Crippen LogP contribution is 2.15. The van der Waals surface area contributed by atoms with Crippen LogP contribution in [0.15, 0.2) is 12.3 Å².